The Hall–Kier alpha value is -4.74. The quantitative estimate of drug-likeness (QED) is 0.00962. The lowest BCUT2D eigenvalue weighted by Gasteiger charge is -2.32. The highest BCUT2D eigenvalue weighted by molar-refractivity contribution is 9.11. The summed E-state index contributed by atoms with van der Waals surface area (Å²) in [6, 6.07) is 26.8. The van der Waals surface area contributed by atoms with Gasteiger partial charge in [-0.25, -0.2) is 23.4 Å². The van der Waals surface area contributed by atoms with E-state index in [0.29, 0.717) is 35.6 Å². The zero-order valence-electron chi connectivity index (χ0n) is 45.7. The van der Waals surface area contributed by atoms with Crippen molar-refractivity contribution in [2.75, 3.05) is 39.6 Å². The molecule has 0 aliphatic carbocycles. The number of halogens is 8. The third-order valence-electron chi connectivity index (χ3n) is 12.6. The minimum absolute atomic E-state index is 0. The Morgan fingerprint density at radius 2 is 1.01 bits per heavy atom. The van der Waals surface area contributed by atoms with Crippen molar-refractivity contribution in [3.8, 4) is 17.2 Å². The maximum Gasteiger partial charge on any atom is 0.344 e. The Kier molecular flexibility index (Phi) is 27.1. The lowest BCUT2D eigenvalue weighted by molar-refractivity contribution is -0.165. The van der Waals surface area contributed by atoms with Crippen LogP contribution in [0.25, 0.3) is 0 Å². The molecule has 0 spiro atoms. The van der Waals surface area contributed by atoms with Gasteiger partial charge in [-0.3, -0.25) is 21.5 Å². The number of ether oxygens (including phenoxy) is 7. The molecule has 0 radical (unpaired) electrons. The first-order chi connectivity index (χ1) is 37.0. The van der Waals surface area contributed by atoms with Crippen LogP contribution in [0.15, 0.2) is 93.9 Å². The van der Waals surface area contributed by atoms with Gasteiger partial charge >= 0.3 is 5.97 Å². The average Bonchev–Trinajstić information content (AvgIpc) is 3.44. The van der Waals surface area contributed by atoms with Gasteiger partial charge in [0.1, 0.15) is 24.7 Å². The third-order valence-corrected chi connectivity index (χ3v) is 13.8. The molecule has 1 amide bonds. The minimum Gasteiger partial charge on any atom is -0.490 e. The fourth-order valence-corrected chi connectivity index (χ4v) is 9.52. The lowest BCUT2D eigenvalue weighted by Crippen LogP contribution is -2.44. The monoisotopic (exact) mass is 1260 g/mol. The molecule has 4 unspecified atom stereocenters. The Balaban J connectivity index is 0.000000276. The molecular weight excluding hydrogens is 1190 g/mol. The molecule has 2 heterocycles. The van der Waals surface area contributed by atoms with Crippen LogP contribution in [0.2, 0.25) is 0 Å². The summed E-state index contributed by atoms with van der Waals surface area (Å²) < 4.78 is 107. The van der Waals surface area contributed by atoms with Gasteiger partial charge in [0, 0.05) is 29.9 Å². The second kappa shape index (κ2) is 32.0. The standard InChI is InChI=1S/C26H35BrN2O4.C21H18BrF5O5.C11H18N2.ClH/c1-18-20(25(30)29-28-24(26(2,3)4)19-10-6-5-7-11-19)13-14-21(27)23(18)33-17-16-32-22-12-8-9-15-31-22;1-10-11(21(28)32-20-17(26)15(24)14(23)16(25)18(20)27)5-6-12(22)19(10)31-9-8-30-13-4-2-3-7-29-13;1-11(2,3)10(13-12)9-7-5-4-6-8-9;/h5-7,10-11,13-14,22,24,28H,8-9,12,15-17H2,1-4H3,(H,29,30);5-6,13H,2-4,7-9H2,1H3;4-8,10,13H,12H2,1-3H3;1H. The summed E-state index contributed by atoms with van der Waals surface area (Å²) in [5, 5.41) is 0. The largest absolute Gasteiger partial charge is 0.490 e. The number of benzene rings is 5. The van der Waals surface area contributed by atoms with E-state index in [4.69, 9.17) is 34.3 Å². The van der Waals surface area contributed by atoms with Crippen LogP contribution in [-0.2, 0) is 18.9 Å². The molecule has 21 heteroatoms. The van der Waals surface area contributed by atoms with Crippen LogP contribution in [0.4, 0.5) is 22.0 Å². The van der Waals surface area contributed by atoms with Crippen LogP contribution in [0.5, 0.6) is 17.2 Å². The van der Waals surface area contributed by atoms with E-state index < -0.39 is 40.8 Å². The zero-order chi connectivity index (χ0) is 57.2. The Bertz CT molecular complexity index is 2700. The number of nitrogens with one attached hydrogen (secondary N) is 3. The van der Waals surface area contributed by atoms with Gasteiger partial charge in [-0.2, -0.15) is 8.78 Å². The van der Waals surface area contributed by atoms with Gasteiger partial charge in [0.2, 0.25) is 34.8 Å². The highest BCUT2D eigenvalue weighted by Crippen LogP contribution is 2.36. The van der Waals surface area contributed by atoms with Crippen LogP contribution in [0.3, 0.4) is 0 Å². The Morgan fingerprint density at radius 3 is 1.43 bits per heavy atom. The Labute approximate surface area is 483 Å². The van der Waals surface area contributed by atoms with Gasteiger partial charge in [-0.05, 0) is 130 Å². The van der Waals surface area contributed by atoms with E-state index in [0.717, 1.165) is 60.7 Å². The second-order valence-corrected chi connectivity index (χ2v) is 22.3. The number of amides is 1. The van der Waals surface area contributed by atoms with E-state index in [1.54, 1.807) is 6.07 Å². The number of carbonyl (C=O) groups excluding carboxylic acids is 2. The number of rotatable bonds is 18. The molecule has 0 saturated carbocycles. The topological polar surface area (TPSA) is 161 Å². The lowest BCUT2D eigenvalue weighted by atomic mass is 9.83. The summed E-state index contributed by atoms with van der Waals surface area (Å²) in [6.07, 6.45) is 5.45. The zero-order valence-corrected chi connectivity index (χ0v) is 49.7. The highest BCUT2D eigenvalue weighted by atomic mass is 79.9. The van der Waals surface area contributed by atoms with Gasteiger partial charge in [0.05, 0.1) is 39.8 Å². The molecule has 2 saturated heterocycles. The summed E-state index contributed by atoms with van der Waals surface area (Å²) in [4.78, 5) is 25.5. The Morgan fingerprint density at radius 1 is 0.595 bits per heavy atom. The SMILES string of the molecule is CC(C)(C)C(NN)c1ccccc1.Cc1c(C(=O)NNC(c2ccccc2)C(C)(C)C)ccc(Br)c1OCCOC1CCCCO1.Cc1c(C(=O)Oc2c(F)c(F)c(F)c(F)c2F)ccc(Br)c1OCCOC1CCCCO1.Cl. The van der Waals surface area contributed by atoms with Crippen molar-refractivity contribution in [2.24, 2.45) is 16.7 Å². The normalized spacial score (nSPS) is 16.2. The first-order valence-electron chi connectivity index (χ1n) is 25.7. The van der Waals surface area contributed by atoms with Gasteiger partial charge in [0.25, 0.3) is 5.91 Å². The van der Waals surface area contributed by atoms with Gasteiger partial charge in [-0.1, -0.05) is 102 Å². The van der Waals surface area contributed by atoms with Gasteiger partial charge < -0.3 is 33.2 Å². The molecule has 0 bridgehead atoms. The molecule has 4 atom stereocenters. The predicted octanol–water partition coefficient (Wildman–Crippen LogP) is 14.0. The maximum atomic E-state index is 13.8. The minimum atomic E-state index is -2.35. The molecule has 5 aromatic rings. The molecule has 2 aliphatic rings. The van der Waals surface area contributed by atoms with Crippen molar-refractivity contribution in [3.05, 3.63) is 156 Å². The summed E-state index contributed by atoms with van der Waals surface area (Å²) in [7, 11) is 0. The predicted molar refractivity (Wildman–Crippen MR) is 301 cm³/mol. The van der Waals surface area contributed by atoms with Crippen molar-refractivity contribution in [1.29, 1.82) is 0 Å². The van der Waals surface area contributed by atoms with Crippen LogP contribution in [-0.4, -0.2) is 64.1 Å². The summed E-state index contributed by atoms with van der Waals surface area (Å²) in [6.45, 7) is 18.8. The van der Waals surface area contributed by atoms with Crippen LogP contribution < -0.4 is 36.3 Å². The molecule has 2 fully saturated rings. The van der Waals surface area contributed by atoms with Crippen LogP contribution in [0, 0.1) is 53.8 Å². The summed E-state index contributed by atoms with van der Waals surface area (Å²) in [5.41, 5.74) is 12.7. The van der Waals surface area contributed by atoms with Crippen LogP contribution in [0.1, 0.15) is 135 Å². The van der Waals surface area contributed by atoms with E-state index in [1.807, 2.05) is 49.4 Å². The van der Waals surface area contributed by atoms with Crippen LogP contribution >= 0.6 is 44.3 Å². The fourth-order valence-electron chi connectivity index (χ4n) is 8.43. The average molecular weight is 1260 g/mol. The number of hydrogen-bond acceptors (Lipinski definition) is 12. The van der Waals surface area contributed by atoms with E-state index in [2.05, 4.69) is 119 Å². The summed E-state index contributed by atoms with van der Waals surface area (Å²) in [5.74, 6) is -8.08. The number of esters is 1. The number of hydrogen-bond donors (Lipinski definition) is 4. The second-order valence-electron chi connectivity index (χ2n) is 20.6. The smallest absolute Gasteiger partial charge is 0.344 e. The maximum absolute atomic E-state index is 13.8. The first kappa shape index (κ1) is 66.8. The van der Waals surface area contributed by atoms with E-state index in [1.165, 1.54) is 24.6 Å². The van der Waals surface area contributed by atoms with Gasteiger partial charge in [-0.15, -0.1) is 12.4 Å². The molecule has 7 rings (SSSR count). The molecule has 0 aromatic heterocycles. The molecule has 434 valence electrons. The van der Waals surface area contributed by atoms with Crippen molar-refractivity contribution in [1.82, 2.24) is 16.3 Å². The number of nitrogens with two attached hydrogens (primary N) is 1. The highest BCUT2D eigenvalue weighted by Gasteiger charge is 2.31. The molecule has 2 aliphatic heterocycles. The number of carbonyl (C=O) groups is 2. The third kappa shape index (κ3) is 19.5. The van der Waals surface area contributed by atoms with Crippen molar-refractivity contribution in [2.45, 2.75) is 119 Å². The van der Waals surface area contributed by atoms with E-state index in [9.17, 15) is 31.5 Å². The summed E-state index contributed by atoms with van der Waals surface area (Å²) >= 11 is 6.81. The molecule has 5 N–H and O–H groups in total. The molecule has 79 heavy (non-hydrogen) atoms. The van der Waals surface area contributed by atoms with Crippen molar-refractivity contribution >= 4 is 56.1 Å². The molecule has 5 aromatic carbocycles. The van der Waals surface area contributed by atoms with E-state index >= 15 is 0 Å². The fraction of sp³-hybridized carbons (Fsp3) is 0.448. The van der Waals surface area contributed by atoms with Gasteiger partial charge in [0.15, 0.2) is 12.6 Å². The number of hydrazine groups is 2. The first-order valence-corrected chi connectivity index (χ1v) is 27.3. The molecular formula is C58H72Br2ClF5N4O9. The van der Waals surface area contributed by atoms with E-state index in [-0.39, 0.29) is 83.9 Å². The molecule has 13 nitrogen and oxygen atoms in total. The van der Waals surface area contributed by atoms with Crippen molar-refractivity contribution < 1.29 is 64.7 Å². The van der Waals surface area contributed by atoms with Crippen molar-refractivity contribution in [3.63, 3.8) is 0 Å².